The molecule has 0 aliphatic rings. The van der Waals surface area contributed by atoms with Gasteiger partial charge in [0.15, 0.2) is 11.6 Å². The van der Waals surface area contributed by atoms with Crippen LogP contribution in [0.15, 0.2) is 91.0 Å². The van der Waals surface area contributed by atoms with Gasteiger partial charge in [0.25, 0.3) is 0 Å². The number of rotatable bonds is 13. The molecule has 224 valence electrons. The van der Waals surface area contributed by atoms with E-state index in [0.717, 1.165) is 27.8 Å². The fraction of sp³-hybridized carbons (Fsp3) is 0.257. The Hall–Kier alpha value is -3.40. The van der Waals surface area contributed by atoms with E-state index < -0.39 is 27.3 Å². The van der Waals surface area contributed by atoms with E-state index in [2.05, 4.69) is 0 Å². The minimum absolute atomic E-state index is 0.0124. The maximum atomic E-state index is 14.7. The Kier molecular flexibility index (Phi) is 10.9. The SMILES string of the molecule is Cc1cc(C)c(C(=O)CCOP(=O)(CC(O[PH](=O)c2ccccc2)C(=O)c2c(C)cccc2C)c2ccccc2)c(C)c1. The zero-order valence-electron chi connectivity index (χ0n) is 25.3. The fourth-order valence-corrected chi connectivity index (χ4v) is 8.79. The largest absolute Gasteiger partial charge is 0.325 e. The van der Waals surface area contributed by atoms with Crippen molar-refractivity contribution in [3.05, 3.63) is 130 Å². The standard InChI is InChI=1S/C35H38O6P2/c1-24-21-27(4)33(28(5)22-24)31(36)19-20-40-43(39,30-17-10-7-11-18-30)23-32(41-42(38)29-15-8-6-9-16-29)35(37)34-25(2)13-12-14-26(34)3/h6-18,21-22,32,42H,19-20,23H2,1-5H3. The second-order valence-corrected chi connectivity index (χ2v) is 14.7. The summed E-state index contributed by atoms with van der Waals surface area (Å²) in [4.78, 5) is 27.3. The summed E-state index contributed by atoms with van der Waals surface area (Å²) in [5, 5.41) is 0.851. The van der Waals surface area contributed by atoms with Gasteiger partial charge in [-0.15, -0.1) is 0 Å². The molecule has 0 bridgehead atoms. The Morgan fingerprint density at radius 1 is 0.744 bits per heavy atom. The minimum atomic E-state index is -3.78. The van der Waals surface area contributed by atoms with Gasteiger partial charge in [-0.25, -0.2) is 0 Å². The van der Waals surface area contributed by atoms with Gasteiger partial charge in [-0.2, -0.15) is 0 Å². The van der Waals surface area contributed by atoms with E-state index in [1.165, 1.54) is 0 Å². The molecular weight excluding hydrogens is 578 g/mol. The summed E-state index contributed by atoms with van der Waals surface area (Å²) < 4.78 is 40.1. The fourth-order valence-electron chi connectivity index (χ4n) is 5.45. The van der Waals surface area contributed by atoms with Crippen LogP contribution in [0.25, 0.3) is 0 Å². The van der Waals surface area contributed by atoms with Crippen molar-refractivity contribution in [1.82, 2.24) is 0 Å². The van der Waals surface area contributed by atoms with Crippen molar-refractivity contribution >= 4 is 37.6 Å². The summed E-state index contributed by atoms with van der Waals surface area (Å²) in [6.07, 6.45) is -1.63. The van der Waals surface area contributed by atoms with E-state index in [1.54, 1.807) is 60.7 Å². The molecule has 0 saturated carbocycles. The molecule has 3 unspecified atom stereocenters. The molecule has 4 aromatic carbocycles. The van der Waals surface area contributed by atoms with Gasteiger partial charge in [-0.05, 0) is 81.1 Å². The van der Waals surface area contributed by atoms with Crippen LogP contribution >= 0.6 is 15.4 Å². The maximum absolute atomic E-state index is 14.7. The quantitative estimate of drug-likeness (QED) is 0.114. The van der Waals surface area contributed by atoms with E-state index in [0.29, 0.717) is 21.7 Å². The normalized spacial score (nSPS) is 14.1. The first kappa shape index (κ1) is 32.5. The van der Waals surface area contributed by atoms with Crippen molar-refractivity contribution < 1.29 is 27.8 Å². The molecule has 4 rings (SSSR count). The summed E-state index contributed by atoms with van der Waals surface area (Å²) in [6.45, 7) is 9.32. The molecule has 4 aromatic rings. The molecule has 0 amide bonds. The summed E-state index contributed by atoms with van der Waals surface area (Å²) in [5.74, 6) is -0.519. The van der Waals surface area contributed by atoms with Gasteiger partial charge in [0.1, 0.15) is 6.10 Å². The Labute approximate surface area is 254 Å². The number of Topliss-reactive ketones (excluding diaryl/α,β-unsaturated/α-hetero) is 2. The number of carbonyl (C=O) groups excluding carboxylic acids is 2. The van der Waals surface area contributed by atoms with Crippen LogP contribution in [0.3, 0.4) is 0 Å². The zero-order chi connectivity index (χ0) is 31.1. The number of ketones is 2. The molecule has 0 saturated heterocycles. The van der Waals surface area contributed by atoms with Gasteiger partial charge >= 0.3 is 0 Å². The Bertz CT molecular complexity index is 1640. The molecule has 6 nitrogen and oxygen atoms in total. The van der Waals surface area contributed by atoms with Crippen LogP contribution in [0.2, 0.25) is 0 Å². The van der Waals surface area contributed by atoms with Gasteiger partial charge in [0, 0.05) is 28.2 Å². The smallest absolute Gasteiger partial charge is 0.235 e. The lowest BCUT2D eigenvalue weighted by molar-refractivity contribution is 0.0827. The Morgan fingerprint density at radius 3 is 1.88 bits per heavy atom. The molecule has 0 aliphatic carbocycles. The van der Waals surface area contributed by atoms with E-state index >= 15 is 0 Å². The van der Waals surface area contributed by atoms with E-state index in [9.17, 15) is 18.7 Å². The van der Waals surface area contributed by atoms with Crippen molar-refractivity contribution in [3.63, 3.8) is 0 Å². The average molecular weight is 617 g/mol. The number of hydrogen-bond acceptors (Lipinski definition) is 6. The molecule has 43 heavy (non-hydrogen) atoms. The number of benzene rings is 4. The van der Waals surface area contributed by atoms with Crippen LogP contribution in [-0.2, 0) is 18.2 Å². The van der Waals surface area contributed by atoms with Crippen molar-refractivity contribution in [2.45, 2.75) is 47.1 Å². The molecule has 0 aliphatic heterocycles. The molecule has 0 spiro atoms. The van der Waals surface area contributed by atoms with Crippen molar-refractivity contribution in [3.8, 4) is 0 Å². The third kappa shape index (κ3) is 7.96. The third-order valence-corrected chi connectivity index (χ3v) is 11.2. The summed E-state index contributed by atoms with van der Waals surface area (Å²) >= 11 is 0. The van der Waals surface area contributed by atoms with Gasteiger partial charge in [0.05, 0.1) is 12.8 Å². The van der Waals surface area contributed by atoms with Gasteiger partial charge in [-0.3, -0.25) is 18.7 Å². The lowest BCUT2D eigenvalue weighted by Gasteiger charge is -2.25. The lowest BCUT2D eigenvalue weighted by Crippen LogP contribution is -2.31. The van der Waals surface area contributed by atoms with Gasteiger partial charge < -0.3 is 9.05 Å². The molecule has 8 heteroatoms. The van der Waals surface area contributed by atoms with Gasteiger partial charge in [0.2, 0.25) is 15.4 Å². The molecule has 0 heterocycles. The lowest BCUT2D eigenvalue weighted by atomic mass is 9.95. The molecule has 3 atom stereocenters. The second kappa shape index (κ2) is 14.4. The number of aryl methyl sites for hydroxylation is 5. The van der Waals surface area contributed by atoms with Gasteiger partial charge in [-0.1, -0.05) is 72.3 Å². The van der Waals surface area contributed by atoms with Crippen LogP contribution in [0.4, 0.5) is 0 Å². The predicted octanol–water partition coefficient (Wildman–Crippen LogP) is 7.49. The van der Waals surface area contributed by atoms with Crippen molar-refractivity contribution in [2.24, 2.45) is 0 Å². The van der Waals surface area contributed by atoms with E-state index in [-0.39, 0.29) is 25.0 Å². The average Bonchev–Trinajstić information content (AvgIpc) is 2.97. The third-order valence-electron chi connectivity index (χ3n) is 7.42. The summed E-state index contributed by atoms with van der Waals surface area (Å²) in [6, 6.07) is 26.7. The van der Waals surface area contributed by atoms with Crippen LogP contribution in [-0.4, -0.2) is 30.4 Å². The zero-order valence-corrected chi connectivity index (χ0v) is 27.2. The summed E-state index contributed by atoms with van der Waals surface area (Å²) in [7, 11) is -6.66. The topological polar surface area (TPSA) is 86.7 Å². The van der Waals surface area contributed by atoms with Crippen LogP contribution in [0, 0.1) is 34.6 Å². The van der Waals surface area contributed by atoms with Crippen LogP contribution < -0.4 is 10.6 Å². The highest BCUT2D eigenvalue weighted by atomic mass is 31.2. The van der Waals surface area contributed by atoms with E-state index in [4.69, 9.17) is 9.05 Å². The first-order valence-electron chi connectivity index (χ1n) is 14.3. The molecule has 0 N–H and O–H groups in total. The van der Waals surface area contributed by atoms with Crippen molar-refractivity contribution in [1.29, 1.82) is 0 Å². The first-order valence-corrected chi connectivity index (χ1v) is 17.4. The molecule has 0 radical (unpaired) electrons. The van der Waals surface area contributed by atoms with Crippen LogP contribution in [0.5, 0.6) is 0 Å². The minimum Gasteiger partial charge on any atom is -0.325 e. The molecule has 0 aromatic heterocycles. The predicted molar refractivity (Wildman–Crippen MR) is 174 cm³/mol. The summed E-state index contributed by atoms with van der Waals surface area (Å²) in [5.41, 5.74) is 5.39. The second-order valence-electron chi connectivity index (χ2n) is 10.9. The Morgan fingerprint density at radius 2 is 1.30 bits per heavy atom. The highest BCUT2D eigenvalue weighted by Gasteiger charge is 2.36. The first-order chi connectivity index (χ1) is 20.5. The monoisotopic (exact) mass is 616 g/mol. The van der Waals surface area contributed by atoms with Crippen molar-refractivity contribution in [2.75, 3.05) is 12.8 Å². The molecule has 0 fully saturated rings. The van der Waals surface area contributed by atoms with E-state index in [1.807, 2.05) is 65.0 Å². The highest BCUT2D eigenvalue weighted by Crippen LogP contribution is 2.48. The van der Waals surface area contributed by atoms with Crippen LogP contribution in [0.1, 0.15) is 55.0 Å². The number of carbonyl (C=O) groups is 2. The maximum Gasteiger partial charge on any atom is 0.235 e. The number of hydrogen-bond donors (Lipinski definition) is 0. The highest BCUT2D eigenvalue weighted by molar-refractivity contribution is 7.67. The molecular formula is C35H38O6P2. The Balaban J connectivity index is 1.66.